The molecule has 0 aliphatic carbocycles. The van der Waals surface area contributed by atoms with Crippen molar-refractivity contribution >= 4 is 23.3 Å². The fourth-order valence-electron chi connectivity index (χ4n) is 5.11. The first-order chi connectivity index (χ1) is 20.0. The van der Waals surface area contributed by atoms with E-state index >= 15 is 0 Å². The zero-order chi connectivity index (χ0) is 30.2. The molecule has 1 aliphatic heterocycles. The maximum absolute atomic E-state index is 14.0. The molecular weight excluding hydrogens is 537 g/mol. The number of aromatic nitrogens is 1. The van der Waals surface area contributed by atoms with Crippen LogP contribution in [0, 0.1) is 19.7 Å². The van der Waals surface area contributed by atoms with Crippen molar-refractivity contribution in [2.45, 2.75) is 39.8 Å². The third-order valence-electron chi connectivity index (χ3n) is 7.36. The topological polar surface area (TPSA) is 90.0 Å². The smallest absolute Gasteiger partial charge is 0.345 e. The highest BCUT2D eigenvalue weighted by Crippen LogP contribution is 2.45. The second kappa shape index (κ2) is 11.2. The van der Waals surface area contributed by atoms with Crippen molar-refractivity contribution in [2.24, 2.45) is 0 Å². The van der Waals surface area contributed by atoms with Gasteiger partial charge in [-0.05, 0) is 74.7 Å². The van der Waals surface area contributed by atoms with E-state index in [-0.39, 0.29) is 12.5 Å². The molecule has 5 rings (SSSR count). The normalized spacial score (nSPS) is 13.7. The summed E-state index contributed by atoms with van der Waals surface area (Å²) in [6.07, 6.45) is 3.08. The van der Waals surface area contributed by atoms with E-state index in [1.54, 1.807) is 48.5 Å². The molecule has 4 aromatic rings. The number of methoxy groups -OCH3 is 1. The Hall–Kier alpha value is -4.92. The van der Waals surface area contributed by atoms with Gasteiger partial charge in [-0.3, -0.25) is 9.78 Å². The Bertz CT molecular complexity index is 1700. The van der Waals surface area contributed by atoms with Gasteiger partial charge in [0.2, 0.25) is 0 Å². The minimum Gasteiger partial charge on any atom is -0.496 e. The summed E-state index contributed by atoms with van der Waals surface area (Å²) in [5.41, 5.74) is 4.62. The summed E-state index contributed by atoms with van der Waals surface area (Å²) >= 11 is 0. The zero-order valence-corrected chi connectivity index (χ0v) is 24.4. The number of hydrogen-bond acceptors (Lipinski definition) is 7. The number of hydrogen-bond donors (Lipinski definition) is 1. The molecule has 0 bridgehead atoms. The first kappa shape index (κ1) is 28.6. The number of nitrogens with zero attached hydrogens (tertiary/aromatic N) is 2. The Kier molecular flexibility index (Phi) is 7.60. The van der Waals surface area contributed by atoms with Gasteiger partial charge < -0.3 is 24.4 Å². The highest BCUT2D eigenvalue weighted by Gasteiger charge is 2.38. The van der Waals surface area contributed by atoms with Crippen molar-refractivity contribution in [3.8, 4) is 28.4 Å². The van der Waals surface area contributed by atoms with Gasteiger partial charge in [0, 0.05) is 42.7 Å². The summed E-state index contributed by atoms with van der Waals surface area (Å²) in [6, 6.07) is 15.0. The Labute approximate surface area is 244 Å². The molecule has 0 saturated heterocycles. The lowest BCUT2D eigenvalue weighted by Gasteiger charge is -2.39. The number of pyridine rings is 1. The molecule has 0 spiro atoms. The van der Waals surface area contributed by atoms with Gasteiger partial charge in [0.15, 0.2) is 0 Å². The molecule has 8 nitrogen and oxygen atoms in total. The summed E-state index contributed by atoms with van der Waals surface area (Å²) in [4.78, 5) is 31.7. The molecule has 216 valence electrons. The summed E-state index contributed by atoms with van der Waals surface area (Å²) < 4.78 is 31.6. The molecule has 0 atom stereocenters. The molecule has 0 unspecified atom stereocenters. The third-order valence-corrected chi connectivity index (χ3v) is 7.36. The number of anilines is 2. The predicted molar refractivity (Wildman–Crippen MR) is 159 cm³/mol. The molecule has 0 saturated carbocycles. The van der Waals surface area contributed by atoms with Crippen LogP contribution in [0.1, 0.15) is 40.9 Å². The second-order valence-electron chi connectivity index (χ2n) is 10.7. The van der Waals surface area contributed by atoms with Crippen LogP contribution >= 0.6 is 0 Å². The minimum atomic E-state index is -0.809. The number of ether oxygens (including phenoxy) is 3. The first-order valence-corrected chi connectivity index (χ1v) is 13.4. The van der Waals surface area contributed by atoms with Gasteiger partial charge in [0.25, 0.3) is 5.91 Å². The van der Waals surface area contributed by atoms with Crippen molar-refractivity contribution in [1.29, 1.82) is 0 Å². The van der Waals surface area contributed by atoms with Crippen LogP contribution in [-0.2, 0) is 11.4 Å². The van der Waals surface area contributed by atoms with E-state index in [4.69, 9.17) is 14.2 Å². The van der Waals surface area contributed by atoms with Crippen molar-refractivity contribution in [3.63, 3.8) is 0 Å². The van der Waals surface area contributed by atoms with Crippen LogP contribution in [-0.4, -0.2) is 36.6 Å². The van der Waals surface area contributed by atoms with Crippen molar-refractivity contribution in [3.05, 3.63) is 95.1 Å². The van der Waals surface area contributed by atoms with Crippen molar-refractivity contribution < 1.29 is 28.2 Å². The predicted octanol–water partition coefficient (Wildman–Crippen LogP) is 6.48. The molecule has 0 radical (unpaired) electrons. The van der Waals surface area contributed by atoms with Crippen LogP contribution in [0.3, 0.4) is 0 Å². The number of fused-ring (bicyclic) bond motifs is 1. The largest absolute Gasteiger partial charge is 0.496 e. The number of halogens is 1. The average molecular weight is 570 g/mol. The summed E-state index contributed by atoms with van der Waals surface area (Å²) in [7, 11) is 3.25. The number of likely N-dealkylation sites (N-methyl/N-ethyl adjacent to an activating group) is 1. The lowest BCUT2D eigenvalue weighted by Crippen LogP contribution is -2.52. The molecule has 9 heteroatoms. The fourth-order valence-corrected chi connectivity index (χ4v) is 5.11. The molecule has 1 aromatic heterocycles. The van der Waals surface area contributed by atoms with Crippen LogP contribution in [0.2, 0.25) is 0 Å². The van der Waals surface area contributed by atoms with Gasteiger partial charge >= 0.3 is 5.97 Å². The van der Waals surface area contributed by atoms with Crippen LogP contribution in [0.25, 0.3) is 11.1 Å². The number of aryl methyl sites for hydroxylation is 2. The van der Waals surface area contributed by atoms with E-state index in [0.717, 1.165) is 22.4 Å². The van der Waals surface area contributed by atoms with Crippen molar-refractivity contribution in [2.75, 3.05) is 24.4 Å². The molecule has 3 aromatic carbocycles. The number of esters is 1. The molecule has 1 amide bonds. The van der Waals surface area contributed by atoms with Crippen molar-refractivity contribution in [1.82, 2.24) is 4.98 Å². The highest BCUT2D eigenvalue weighted by molar-refractivity contribution is 6.08. The van der Waals surface area contributed by atoms with E-state index < -0.39 is 17.3 Å². The van der Waals surface area contributed by atoms with Crippen LogP contribution in [0.5, 0.6) is 17.2 Å². The third kappa shape index (κ3) is 5.37. The maximum Gasteiger partial charge on any atom is 0.345 e. The van der Waals surface area contributed by atoms with Gasteiger partial charge in [-0.15, -0.1) is 0 Å². The summed E-state index contributed by atoms with van der Waals surface area (Å²) in [5, 5.41) is 3.33. The summed E-state index contributed by atoms with van der Waals surface area (Å²) in [6.45, 7) is 7.34. The van der Waals surface area contributed by atoms with Gasteiger partial charge in [0.1, 0.15) is 35.2 Å². The van der Waals surface area contributed by atoms with E-state index in [1.165, 1.54) is 25.4 Å². The van der Waals surface area contributed by atoms with E-state index in [9.17, 15) is 14.0 Å². The van der Waals surface area contributed by atoms with Crippen LogP contribution in [0.15, 0.2) is 67.0 Å². The van der Waals surface area contributed by atoms with Gasteiger partial charge in [-0.2, -0.15) is 0 Å². The quantitative estimate of drug-likeness (QED) is 0.201. The fraction of sp³-hybridized carbons (Fsp3) is 0.242. The molecule has 2 heterocycles. The van der Waals surface area contributed by atoms with E-state index in [0.29, 0.717) is 39.6 Å². The highest BCUT2D eigenvalue weighted by atomic mass is 19.1. The lowest BCUT2D eigenvalue weighted by molar-refractivity contribution is -0.121. The number of carbonyl (C=O) groups excluding carboxylic acids is 2. The Morgan fingerprint density at radius 2 is 1.76 bits per heavy atom. The number of rotatable bonds is 7. The van der Waals surface area contributed by atoms with Crippen LogP contribution < -0.4 is 24.4 Å². The SMILES string of the molecule is COc1cc(OC(=O)c2cnccc2C)ccc1-c1ccc2c(c1COc1cc(F)ccc1C)N(C)C(=O)C(C)(C)N2. The Balaban J connectivity index is 1.58. The van der Waals surface area contributed by atoms with Gasteiger partial charge in [-0.25, -0.2) is 9.18 Å². The lowest BCUT2D eigenvalue weighted by atomic mass is 9.91. The van der Waals surface area contributed by atoms with E-state index in [1.807, 2.05) is 39.8 Å². The molecule has 42 heavy (non-hydrogen) atoms. The van der Waals surface area contributed by atoms with E-state index in [2.05, 4.69) is 10.3 Å². The number of carbonyl (C=O) groups is 2. The average Bonchev–Trinajstić information content (AvgIpc) is 2.96. The first-order valence-electron chi connectivity index (χ1n) is 13.4. The van der Waals surface area contributed by atoms with Gasteiger partial charge in [-0.1, -0.05) is 12.1 Å². The minimum absolute atomic E-state index is 0.0443. The number of amides is 1. The Morgan fingerprint density at radius 1 is 1.00 bits per heavy atom. The standard InChI is InChI=1S/C33H32FN3O5/c1-19-13-14-35-17-25(19)31(38)42-22-9-10-24(29(16-22)40-6)23-11-12-27-30(37(5)32(39)33(3,4)36-27)26(23)18-41-28-15-21(34)8-7-20(28)2/h7-17,36H,18H2,1-6H3. The molecule has 0 fully saturated rings. The zero-order valence-electron chi connectivity index (χ0n) is 24.4. The monoisotopic (exact) mass is 569 g/mol. The number of nitrogens with one attached hydrogen (secondary N) is 1. The van der Waals surface area contributed by atoms with Gasteiger partial charge in [0.05, 0.1) is 24.0 Å². The molecule has 1 N–H and O–H groups in total. The molecular formula is C33H32FN3O5. The maximum atomic E-state index is 14.0. The number of benzene rings is 3. The van der Waals surface area contributed by atoms with Crippen LogP contribution in [0.4, 0.5) is 15.8 Å². The second-order valence-corrected chi connectivity index (χ2v) is 10.7. The summed E-state index contributed by atoms with van der Waals surface area (Å²) in [5.74, 6) is 0.0920. The molecule has 1 aliphatic rings. The Morgan fingerprint density at radius 3 is 2.50 bits per heavy atom.